The summed E-state index contributed by atoms with van der Waals surface area (Å²) in [6.07, 6.45) is 0. The second kappa shape index (κ2) is 5.09. The van der Waals surface area contributed by atoms with E-state index >= 15 is 0 Å². The van der Waals surface area contributed by atoms with E-state index in [4.69, 9.17) is 15.9 Å². The first kappa shape index (κ1) is 13.9. The average molecular weight is 218 g/mol. The van der Waals surface area contributed by atoms with Gasteiger partial charge in [-0.1, -0.05) is 20.8 Å². The number of carbonyl (C=O) groups is 2. The second-order valence-corrected chi connectivity index (χ2v) is 4.43. The number of carboxylic acids is 1. The van der Waals surface area contributed by atoms with E-state index in [1.54, 1.807) is 20.8 Å². The third-order valence-corrected chi connectivity index (χ3v) is 2.01. The smallest absolute Gasteiger partial charge is 0.328 e. The Morgan fingerprint density at radius 3 is 2.13 bits per heavy atom. The number of aliphatic carboxylic acids is 1. The maximum atomic E-state index is 11.5. The van der Waals surface area contributed by atoms with Gasteiger partial charge in [0.2, 0.25) is 5.91 Å². The number of nitrogens with one attached hydrogen (secondary N) is 1. The molecule has 0 aliphatic heterocycles. The highest BCUT2D eigenvalue weighted by molar-refractivity contribution is 5.87. The molecule has 0 aliphatic rings. The van der Waals surface area contributed by atoms with E-state index < -0.39 is 36.0 Å². The fourth-order valence-corrected chi connectivity index (χ4v) is 0.840. The Labute approximate surface area is 88.5 Å². The van der Waals surface area contributed by atoms with Crippen molar-refractivity contribution in [2.24, 2.45) is 11.1 Å². The monoisotopic (exact) mass is 218 g/mol. The molecule has 0 heterocycles. The highest BCUT2D eigenvalue weighted by Crippen LogP contribution is 2.17. The molecule has 0 spiro atoms. The van der Waals surface area contributed by atoms with Crippen molar-refractivity contribution in [1.82, 2.24) is 5.32 Å². The molecule has 88 valence electrons. The molecule has 1 amide bonds. The van der Waals surface area contributed by atoms with Crippen molar-refractivity contribution < 1.29 is 19.8 Å². The quantitative estimate of drug-likeness (QED) is 0.479. The van der Waals surface area contributed by atoms with Crippen LogP contribution in [-0.4, -0.2) is 40.8 Å². The molecule has 5 N–H and O–H groups in total. The Balaban J connectivity index is 4.42. The number of hydrogen-bond acceptors (Lipinski definition) is 4. The van der Waals surface area contributed by atoms with Crippen LogP contribution in [0.3, 0.4) is 0 Å². The lowest BCUT2D eigenvalue weighted by Gasteiger charge is -2.26. The van der Waals surface area contributed by atoms with Crippen molar-refractivity contribution in [2.45, 2.75) is 32.9 Å². The molecule has 0 saturated heterocycles. The van der Waals surface area contributed by atoms with Crippen LogP contribution in [0.15, 0.2) is 0 Å². The summed E-state index contributed by atoms with van der Waals surface area (Å²) in [5, 5.41) is 19.4. The largest absolute Gasteiger partial charge is 0.480 e. The minimum atomic E-state index is -1.30. The second-order valence-electron chi connectivity index (χ2n) is 4.43. The number of carboxylic acid groups (broad SMARTS) is 1. The van der Waals surface area contributed by atoms with Gasteiger partial charge in [0.05, 0.1) is 12.6 Å². The van der Waals surface area contributed by atoms with Gasteiger partial charge in [0, 0.05) is 0 Å². The number of aliphatic hydroxyl groups excluding tert-OH is 1. The highest BCUT2D eigenvalue weighted by atomic mass is 16.4. The van der Waals surface area contributed by atoms with E-state index in [-0.39, 0.29) is 0 Å². The molecular weight excluding hydrogens is 200 g/mol. The van der Waals surface area contributed by atoms with Crippen molar-refractivity contribution in [3.05, 3.63) is 0 Å². The Morgan fingerprint density at radius 2 is 1.87 bits per heavy atom. The van der Waals surface area contributed by atoms with Crippen molar-refractivity contribution in [3.63, 3.8) is 0 Å². The van der Waals surface area contributed by atoms with Crippen LogP contribution in [0.25, 0.3) is 0 Å². The molecule has 0 saturated carbocycles. The molecular formula is C9H18N2O4. The zero-order valence-corrected chi connectivity index (χ0v) is 9.15. The number of nitrogens with two attached hydrogens (primary N) is 1. The van der Waals surface area contributed by atoms with E-state index in [0.29, 0.717) is 0 Å². The first-order valence-electron chi connectivity index (χ1n) is 4.59. The molecule has 15 heavy (non-hydrogen) atoms. The predicted molar refractivity (Wildman–Crippen MR) is 54.1 cm³/mol. The van der Waals surface area contributed by atoms with Gasteiger partial charge in [0.1, 0.15) is 6.04 Å². The van der Waals surface area contributed by atoms with Gasteiger partial charge in [-0.15, -0.1) is 0 Å². The van der Waals surface area contributed by atoms with E-state index in [2.05, 4.69) is 5.32 Å². The molecule has 6 nitrogen and oxygen atoms in total. The number of carbonyl (C=O) groups excluding carboxylic acids is 1. The van der Waals surface area contributed by atoms with Crippen LogP contribution in [0, 0.1) is 5.41 Å². The first-order chi connectivity index (χ1) is 6.70. The zero-order valence-electron chi connectivity index (χ0n) is 9.15. The van der Waals surface area contributed by atoms with Crippen molar-refractivity contribution in [1.29, 1.82) is 0 Å². The molecule has 0 aromatic rings. The standard InChI is InChI=1S/C9H18N2O4/c1-9(2,3)6(10)7(13)11-5(4-12)8(14)15/h5-6,12H,4,10H2,1-3H3,(H,11,13)(H,14,15)/t5?,6-/m0/s1. The Kier molecular flexibility index (Phi) is 4.70. The van der Waals surface area contributed by atoms with Gasteiger partial charge >= 0.3 is 5.97 Å². The molecule has 0 radical (unpaired) electrons. The Hall–Kier alpha value is -1.14. The van der Waals surface area contributed by atoms with E-state index in [1.165, 1.54) is 0 Å². The third kappa shape index (κ3) is 4.26. The van der Waals surface area contributed by atoms with Crippen molar-refractivity contribution in [2.75, 3.05) is 6.61 Å². The highest BCUT2D eigenvalue weighted by Gasteiger charge is 2.30. The zero-order chi connectivity index (χ0) is 12.2. The van der Waals surface area contributed by atoms with Crippen molar-refractivity contribution in [3.8, 4) is 0 Å². The predicted octanol–water partition coefficient (Wildman–Crippen LogP) is -1.08. The Morgan fingerprint density at radius 1 is 1.40 bits per heavy atom. The topological polar surface area (TPSA) is 113 Å². The van der Waals surface area contributed by atoms with Crippen LogP contribution in [0.4, 0.5) is 0 Å². The molecule has 2 atom stereocenters. The summed E-state index contributed by atoms with van der Waals surface area (Å²) in [7, 11) is 0. The van der Waals surface area contributed by atoms with Gasteiger partial charge in [0.15, 0.2) is 0 Å². The summed E-state index contributed by atoms with van der Waals surface area (Å²) in [6.45, 7) is 4.65. The summed E-state index contributed by atoms with van der Waals surface area (Å²) in [5.41, 5.74) is 5.16. The lowest BCUT2D eigenvalue weighted by atomic mass is 9.87. The summed E-state index contributed by atoms with van der Waals surface area (Å²) in [6, 6.07) is -2.11. The molecule has 0 bridgehead atoms. The fourth-order valence-electron chi connectivity index (χ4n) is 0.840. The summed E-state index contributed by atoms with van der Waals surface area (Å²) < 4.78 is 0. The lowest BCUT2D eigenvalue weighted by molar-refractivity contribution is -0.143. The van der Waals surface area contributed by atoms with Gasteiger partial charge in [0.25, 0.3) is 0 Å². The SMILES string of the molecule is CC(C)(C)[C@@H](N)C(=O)NC(CO)C(=O)O. The molecule has 1 unspecified atom stereocenters. The molecule has 0 aromatic carbocycles. The van der Waals surface area contributed by atoms with Crippen LogP contribution in [0.5, 0.6) is 0 Å². The number of hydrogen-bond donors (Lipinski definition) is 4. The van der Waals surface area contributed by atoms with Crippen molar-refractivity contribution >= 4 is 11.9 Å². The van der Waals surface area contributed by atoms with Gasteiger partial charge in [-0.3, -0.25) is 4.79 Å². The van der Waals surface area contributed by atoms with E-state index in [1.807, 2.05) is 0 Å². The molecule has 0 aliphatic carbocycles. The fraction of sp³-hybridized carbons (Fsp3) is 0.778. The molecule has 0 aromatic heterocycles. The van der Waals surface area contributed by atoms with Crippen LogP contribution < -0.4 is 11.1 Å². The molecule has 0 fully saturated rings. The van der Waals surface area contributed by atoms with Gasteiger partial charge in [-0.2, -0.15) is 0 Å². The molecule has 0 rings (SSSR count). The lowest BCUT2D eigenvalue weighted by Crippen LogP contribution is -2.54. The number of aliphatic hydroxyl groups is 1. The summed E-state index contributed by atoms with van der Waals surface area (Å²) >= 11 is 0. The maximum absolute atomic E-state index is 11.5. The van der Waals surface area contributed by atoms with Gasteiger partial charge in [-0.05, 0) is 5.41 Å². The normalized spacial score (nSPS) is 15.5. The minimum absolute atomic E-state index is 0.456. The number of amides is 1. The van der Waals surface area contributed by atoms with E-state index in [9.17, 15) is 9.59 Å². The summed E-state index contributed by atoms with van der Waals surface area (Å²) in [4.78, 5) is 22.0. The Bertz CT molecular complexity index is 247. The average Bonchev–Trinajstić information content (AvgIpc) is 2.10. The van der Waals surface area contributed by atoms with Crippen LogP contribution in [0.2, 0.25) is 0 Å². The summed E-state index contributed by atoms with van der Waals surface area (Å²) in [5.74, 6) is -1.86. The minimum Gasteiger partial charge on any atom is -0.480 e. The van der Waals surface area contributed by atoms with Crippen LogP contribution in [0.1, 0.15) is 20.8 Å². The maximum Gasteiger partial charge on any atom is 0.328 e. The molecule has 6 heteroatoms. The third-order valence-electron chi connectivity index (χ3n) is 2.01. The first-order valence-corrected chi connectivity index (χ1v) is 4.59. The van der Waals surface area contributed by atoms with Crippen LogP contribution >= 0.6 is 0 Å². The van der Waals surface area contributed by atoms with Crippen LogP contribution in [-0.2, 0) is 9.59 Å². The van der Waals surface area contributed by atoms with Gasteiger partial charge < -0.3 is 21.3 Å². The van der Waals surface area contributed by atoms with E-state index in [0.717, 1.165) is 0 Å². The number of rotatable bonds is 4. The van der Waals surface area contributed by atoms with Gasteiger partial charge in [-0.25, -0.2) is 4.79 Å².